The molecule has 1 aliphatic rings. The Hall–Kier alpha value is -2.46. The molecule has 0 saturated carbocycles. The van der Waals surface area contributed by atoms with Crippen LogP contribution in [0, 0.1) is 4.84 Å². The second-order valence-corrected chi connectivity index (χ2v) is 6.02. The summed E-state index contributed by atoms with van der Waals surface area (Å²) in [6.07, 6.45) is -0.222. The van der Waals surface area contributed by atoms with Gasteiger partial charge in [0.05, 0.1) is 12.0 Å². The molecule has 1 saturated heterocycles. The van der Waals surface area contributed by atoms with Gasteiger partial charge in [-0.15, -0.1) is 5.10 Å². The minimum absolute atomic E-state index is 0.0960. The number of esters is 1. The van der Waals surface area contributed by atoms with Gasteiger partial charge in [-0.3, -0.25) is 19.7 Å². The molecule has 1 aliphatic heterocycles. The van der Waals surface area contributed by atoms with E-state index in [9.17, 15) is 14.4 Å². The molecule has 2 heterocycles. The van der Waals surface area contributed by atoms with E-state index in [0.717, 1.165) is 11.8 Å². The monoisotopic (exact) mass is 351 g/mol. The lowest BCUT2D eigenvalue weighted by atomic mass is 10.2. The highest BCUT2D eigenvalue weighted by Crippen LogP contribution is 2.29. The van der Waals surface area contributed by atoms with Crippen molar-refractivity contribution < 1.29 is 23.5 Å². The van der Waals surface area contributed by atoms with E-state index < -0.39 is 22.4 Å². The number of benzene rings is 1. The quantitative estimate of drug-likeness (QED) is 0.489. The van der Waals surface area contributed by atoms with Crippen LogP contribution in [0.5, 0.6) is 5.75 Å². The molecule has 23 heavy (non-hydrogen) atoms. The van der Waals surface area contributed by atoms with Crippen LogP contribution < -0.4 is 10.1 Å². The Labute approximate surface area is 138 Å². The lowest BCUT2D eigenvalue weighted by Gasteiger charge is -2.08. The van der Waals surface area contributed by atoms with Crippen LogP contribution in [0.1, 0.15) is 6.42 Å². The first-order valence-corrected chi connectivity index (χ1v) is 7.69. The molecule has 2 N–H and O–H groups in total. The van der Waals surface area contributed by atoms with Crippen LogP contribution in [0.2, 0.25) is 0 Å². The summed E-state index contributed by atoms with van der Waals surface area (Å²) in [5.41, 5.74) is 0.438. The van der Waals surface area contributed by atoms with Crippen LogP contribution in [0.15, 0.2) is 28.7 Å². The van der Waals surface area contributed by atoms with Crippen LogP contribution in [0.4, 0.5) is 4.79 Å². The third kappa shape index (κ3) is 3.48. The molecule has 0 spiro atoms. The summed E-state index contributed by atoms with van der Waals surface area (Å²) >= 11 is 5.58. The number of imide groups is 1. The number of hydrogen-bond acceptors (Lipinski definition) is 8. The molecule has 0 radical (unpaired) electrons. The minimum atomic E-state index is -0.781. The van der Waals surface area contributed by atoms with Gasteiger partial charge in [0.15, 0.2) is 0 Å². The van der Waals surface area contributed by atoms with E-state index in [1.54, 1.807) is 24.3 Å². The number of hydrogen-bond donors (Lipinski definition) is 2. The first-order valence-electron chi connectivity index (χ1n) is 6.40. The molecule has 2 amide bonds. The average Bonchev–Trinajstić information content (AvgIpc) is 3.05. The zero-order valence-electron chi connectivity index (χ0n) is 11.4. The van der Waals surface area contributed by atoms with Crippen LogP contribution in [-0.2, 0) is 9.59 Å². The Balaban J connectivity index is 1.75. The summed E-state index contributed by atoms with van der Waals surface area (Å²) < 4.78 is 10.5. The molecular formula is C13H9N3O5S2. The van der Waals surface area contributed by atoms with E-state index in [-0.39, 0.29) is 22.9 Å². The molecule has 118 valence electrons. The zero-order valence-corrected chi connectivity index (χ0v) is 13.0. The van der Waals surface area contributed by atoms with Gasteiger partial charge >= 0.3 is 5.97 Å². The van der Waals surface area contributed by atoms with Gasteiger partial charge in [0.2, 0.25) is 11.8 Å². The number of thioether (sulfide) groups is 1. The maximum atomic E-state index is 12.0. The van der Waals surface area contributed by atoms with Crippen molar-refractivity contribution in [2.24, 2.45) is 0 Å². The number of rotatable bonds is 4. The van der Waals surface area contributed by atoms with Gasteiger partial charge < -0.3 is 9.15 Å². The number of carbonyl (C=O) groups excluding carboxylic acids is 3. The second kappa shape index (κ2) is 6.34. The molecule has 1 aromatic heterocycles. The van der Waals surface area contributed by atoms with Gasteiger partial charge in [-0.1, -0.05) is 23.9 Å². The average molecular weight is 351 g/mol. The van der Waals surface area contributed by atoms with Crippen molar-refractivity contribution in [1.82, 2.24) is 15.5 Å². The predicted molar refractivity (Wildman–Crippen MR) is 82.3 cm³/mol. The Bertz CT molecular complexity index is 844. The fourth-order valence-corrected chi connectivity index (χ4v) is 2.85. The topological polar surface area (TPSA) is 114 Å². The van der Waals surface area contributed by atoms with Crippen LogP contribution in [0.3, 0.4) is 0 Å². The van der Waals surface area contributed by atoms with Crippen LogP contribution in [0.25, 0.3) is 11.5 Å². The van der Waals surface area contributed by atoms with Crippen molar-refractivity contribution in [3.63, 3.8) is 0 Å². The Morgan fingerprint density at radius 2 is 2.17 bits per heavy atom. The molecule has 2 aromatic rings. The maximum absolute atomic E-state index is 12.0. The van der Waals surface area contributed by atoms with E-state index >= 15 is 0 Å². The molecule has 3 rings (SSSR count). The standard InChI is InChI=1S/C13H9N3O5S2/c17-9(5-8-10(18)14-12(19)23-8)20-7-4-2-1-3-6(7)11-15-16-13(22)21-11/h1-4,8H,5H2,(H,16,22)(H,14,18,19)/t8-/m1/s1. The molecule has 0 aliphatic carbocycles. The first-order chi connectivity index (χ1) is 11.0. The lowest BCUT2D eigenvalue weighted by molar-refractivity contribution is -0.135. The third-order valence-corrected chi connectivity index (χ3v) is 4.05. The summed E-state index contributed by atoms with van der Waals surface area (Å²) in [7, 11) is 0. The van der Waals surface area contributed by atoms with Crippen LogP contribution >= 0.6 is 24.0 Å². The first kappa shape index (κ1) is 15.4. The Morgan fingerprint density at radius 3 is 2.83 bits per heavy atom. The van der Waals surface area contributed by atoms with E-state index in [2.05, 4.69) is 15.5 Å². The highest BCUT2D eigenvalue weighted by molar-refractivity contribution is 8.15. The van der Waals surface area contributed by atoms with Gasteiger partial charge in [0, 0.05) is 0 Å². The highest BCUT2D eigenvalue weighted by atomic mass is 32.2. The van der Waals surface area contributed by atoms with E-state index in [4.69, 9.17) is 21.4 Å². The van der Waals surface area contributed by atoms with E-state index in [1.165, 1.54) is 0 Å². The highest BCUT2D eigenvalue weighted by Gasteiger charge is 2.34. The number of nitrogens with zero attached hydrogens (tertiary/aromatic N) is 1. The number of H-pyrrole nitrogens is 1. The third-order valence-electron chi connectivity index (χ3n) is 2.90. The molecule has 1 aromatic carbocycles. The molecule has 10 heteroatoms. The van der Waals surface area contributed by atoms with E-state index in [1.807, 2.05) is 0 Å². The SMILES string of the molecule is O=C(C[C@H]1SC(=O)NC1=O)Oc1ccccc1-c1n[nH]c(=S)o1. The summed E-state index contributed by atoms with van der Waals surface area (Å²) in [5.74, 6) is -0.740. The molecular weight excluding hydrogens is 342 g/mol. The van der Waals surface area contributed by atoms with Crippen molar-refractivity contribution in [2.75, 3.05) is 0 Å². The summed E-state index contributed by atoms with van der Waals surface area (Å²) in [5, 5.41) is 7.22. The molecule has 1 fully saturated rings. The Morgan fingerprint density at radius 1 is 1.39 bits per heavy atom. The smallest absolute Gasteiger partial charge is 0.312 e. The number of amides is 2. The summed E-state index contributed by atoms with van der Waals surface area (Å²) in [4.78, 5) is 34.7. The number of nitrogens with one attached hydrogen (secondary N) is 2. The molecule has 8 nitrogen and oxygen atoms in total. The number of carbonyl (C=O) groups is 3. The fraction of sp³-hybridized carbons (Fsp3) is 0.154. The van der Waals surface area contributed by atoms with Crippen molar-refractivity contribution in [1.29, 1.82) is 0 Å². The molecule has 0 unspecified atom stereocenters. The normalized spacial score (nSPS) is 17.1. The number of aromatic nitrogens is 2. The summed E-state index contributed by atoms with van der Waals surface area (Å²) in [6.45, 7) is 0. The summed E-state index contributed by atoms with van der Waals surface area (Å²) in [6, 6.07) is 6.61. The van der Waals surface area contributed by atoms with Gasteiger partial charge in [0.1, 0.15) is 11.0 Å². The van der Waals surface area contributed by atoms with Gasteiger partial charge in [-0.25, -0.2) is 5.10 Å². The largest absolute Gasteiger partial charge is 0.426 e. The van der Waals surface area contributed by atoms with Gasteiger partial charge in [0.25, 0.3) is 10.1 Å². The predicted octanol–water partition coefficient (Wildman–Crippen LogP) is 2.05. The Kier molecular flexibility index (Phi) is 4.26. The van der Waals surface area contributed by atoms with Crippen molar-refractivity contribution >= 4 is 41.1 Å². The zero-order chi connectivity index (χ0) is 16.4. The number of para-hydroxylation sites is 1. The fourth-order valence-electron chi connectivity index (χ4n) is 1.92. The van der Waals surface area contributed by atoms with Crippen molar-refractivity contribution in [2.45, 2.75) is 11.7 Å². The van der Waals surface area contributed by atoms with Gasteiger partial charge in [-0.05, 0) is 24.4 Å². The van der Waals surface area contributed by atoms with Crippen molar-refractivity contribution in [3.8, 4) is 17.2 Å². The van der Waals surface area contributed by atoms with E-state index in [0.29, 0.717) is 5.56 Å². The molecule has 1 atom stereocenters. The van der Waals surface area contributed by atoms with Crippen LogP contribution in [-0.4, -0.2) is 32.6 Å². The maximum Gasteiger partial charge on any atom is 0.312 e. The minimum Gasteiger partial charge on any atom is -0.426 e. The second-order valence-electron chi connectivity index (χ2n) is 4.48. The number of aromatic amines is 1. The van der Waals surface area contributed by atoms with Gasteiger partial charge in [-0.2, -0.15) is 0 Å². The molecule has 0 bridgehead atoms. The lowest BCUT2D eigenvalue weighted by Crippen LogP contribution is -2.27. The number of ether oxygens (including phenoxy) is 1. The van der Waals surface area contributed by atoms with Crippen molar-refractivity contribution in [3.05, 3.63) is 29.1 Å².